The minimum Gasteiger partial charge on any atom is -0.505 e. The molecule has 0 saturated heterocycles. The van der Waals surface area contributed by atoms with Gasteiger partial charge in [0.1, 0.15) is 76.9 Å². The maximum Gasteiger partial charge on any atom is 0.296 e. The Morgan fingerprint density at radius 2 is 0.928 bits per heavy atom. The van der Waals surface area contributed by atoms with Gasteiger partial charge in [0.05, 0.1) is 87.0 Å². The minimum atomic E-state index is -4.88. The number of ether oxygens (including phenoxy) is 2. The lowest BCUT2D eigenvalue weighted by molar-refractivity contribution is -0.432. The number of nitrogen functional groups attached to an aromatic ring is 1. The van der Waals surface area contributed by atoms with Crippen LogP contribution in [0.3, 0.4) is 0 Å². The van der Waals surface area contributed by atoms with Crippen molar-refractivity contribution in [2.45, 2.75) is 70.2 Å². The van der Waals surface area contributed by atoms with Gasteiger partial charge in [-0.15, -0.1) is 35.0 Å². The second kappa shape index (κ2) is 35.6. The van der Waals surface area contributed by atoms with Crippen molar-refractivity contribution in [3.05, 3.63) is 211 Å². The number of azo groups is 4. The first-order valence-electron chi connectivity index (χ1n) is 36.1. The molecule has 0 radical (unpaired) electrons. The van der Waals surface area contributed by atoms with Gasteiger partial charge in [-0.05, 0) is 196 Å². The number of aromatic nitrogens is 4. The van der Waals surface area contributed by atoms with Gasteiger partial charge in [0.25, 0.3) is 50.6 Å². The van der Waals surface area contributed by atoms with Gasteiger partial charge in [0, 0.05) is 49.0 Å². The zero-order valence-corrected chi connectivity index (χ0v) is 70.6. The number of H-pyrrole nitrogens is 2. The number of aromatic amines is 2. The van der Waals surface area contributed by atoms with E-state index in [0.717, 1.165) is 69.3 Å². The minimum absolute atomic E-state index is 0.0502. The Kier molecular flexibility index (Phi) is 25.3. The third-order valence-corrected chi connectivity index (χ3v) is 23.8. The van der Waals surface area contributed by atoms with E-state index in [4.69, 9.17) is 25.0 Å². The Hall–Kier alpha value is -13.8. The third-order valence-electron chi connectivity index (χ3n) is 18.8. The average Bonchev–Trinajstić information content (AvgIpc) is 1.65. The monoisotopic (exact) mass is 1820 g/mol. The summed E-state index contributed by atoms with van der Waals surface area (Å²) >= 11 is 0.704. The predicted octanol–water partition coefficient (Wildman–Crippen LogP) is 18.9. The zero-order valence-electron chi connectivity index (χ0n) is 65.7. The van der Waals surface area contributed by atoms with Crippen LogP contribution in [0.4, 0.5) is 62.6 Å². The number of nitrogens with one attached hydrogen (secondary N) is 4. The smallest absolute Gasteiger partial charge is 0.296 e. The fourth-order valence-corrected chi connectivity index (χ4v) is 16.8. The summed E-state index contributed by atoms with van der Waals surface area (Å²) in [6.07, 6.45) is 0.0502. The number of anilines is 3. The van der Waals surface area contributed by atoms with Gasteiger partial charge in [-0.3, -0.25) is 22.8 Å². The SMILES string of the molecule is COc1cc(C)ccc1N=Nc1c(S(=O)(=O)O)cc2cccc(S(=O)(=O)O)c2c1O.COc1cc(C)ccc1N=Nc1c(SOOO)cc2c3c(ccc2c1O)NC(C)N3.Cc1cccc(N=Nc2c(S(=O)(=O)O)cc3c(ccc4[nH]c(-c5cccc(N)c5)nc43)c2O)c1.Cc1nc2c(ccc3c(O)c(N=Nc4ccc(S(=O)(=O)O)cc4)c(S(=O)(=O)O)cc32)[nH]1. The van der Waals surface area contributed by atoms with Crippen molar-refractivity contribution >= 4 is 190 Å². The number of rotatable bonds is 19. The second-order valence-corrected chi connectivity index (χ2v) is 35.2. The Bertz CT molecular complexity index is 7630. The molecule has 13 aromatic carbocycles. The molecule has 0 bridgehead atoms. The van der Waals surface area contributed by atoms with Gasteiger partial charge in [0.2, 0.25) is 0 Å². The number of phenols is 4. The van der Waals surface area contributed by atoms with Crippen LogP contribution < -0.4 is 25.8 Å². The molecule has 45 heteroatoms. The van der Waals surface area contributed by atoms with Crippen LogP contribution >= 0.6 is 12.0 Å². The van der Waals surface area contributed by atoms with Crippen LogP contribution in [0.15, 0.2) is 258 Å². The van der Waals surface area contributed by atoms with E-state index in [1.165, 1.54) is 49.6 Å². The maximum absolute atomic E-state index is 12.2. The van der Waals surface area contributed by atoms with E-state index in [1.807, 2.05) is 58.0 Å². The highest BCUT2D eigenvalue weighted by molar-refractivity contribution is 7.94. The number of aromatic hydroxyl groups is 4. The van der Waals surface area contributed by atoms with E-state index in [-0.39, 0.29) is 61.1 Å². The molecular weight excluding hydrogens is 1750 g/mol. The predicted molar refractivity (Wildman–Crippen MR) is 463 cm³/mol. The summed E-state index contributed by atoms with van der Waals surface area (Å²) in [5, 5.41) is 96.0. The summed E-state index contributed by atoms with van der Waals surface area (Å²) in [6, 6.07) is 48.0. The molecule has 0 spiro atoms. The summed E-state index contributed by atoms with van der Waals surface area (Å²) in [4.78, 5) is 12.4. The number of imidazole rings is 2. The van der Waals surface area contributed by atoms with Gasteiger partial charge in [-0.1, -0.05) is 53.6 Å². The van der Waals surface area contributed by atoms with Gasteiger partial charge >= 0.3 is 0 Å². The first-order valence-corrected chi connectivity index (χ1v) is 44.0. The van der Waals surface area contributed by atoms with Crippen LogP contribution in [0.1, 0.15) is 29.4 Å². The standard InChI is InChI=1S/C24H19N5O4S.C20H20N4O5S.C18H14N4O7S2.C18H16N2O8S2/c1-13-4-2-7-16(10-13)28-29-22-20(34(31,32)33)12-18-17(23(22)30)8-9-19-21(18)27-24(26-19)14-5-3-6-15(25)11-14;1-10-4-6-14(16(8-10)27-3)23-24-19-17(30-29-28-26)9-13-12(20(19)25)5-7-15-18(13)22-11(2)21-15;1-9-19-14-7-6-12-13(16(14)20-9)8-15(31(27,28)29)17(18(12)23)22-21-10-2-4-11(5-3-10)30(24,25)26;1-10-6-7-12(13(8-10)28-2)19-20-17-15(30(25,26)27)9-11-4-3-5-14(29(22,23)24)16(11)18(17)21/h2-12,30H,25H2,1H3,(H,26,27)(H,31,32,33);4-9,11,21-22,25-26H,1-3H3;2-8,23H,1H3,(H,19,20)(H,24,25,26)(H,27,28,29);3-9,21H,1-2H3,(H,22,23,24)(H,25,26,27). The normalized spacial score (nSPS) is 13.2. The molecular formula is C80H69N15O24S6. The van der Waals surface area contributed by atoms with Crippen LogP contribution in [0.25, 0.3) is 76.5 Å². The van der Waals surface area contributed by atoms with Crippen molar-refractivity contribution in [3.63, 3.8) is 0 Å². The molecule has 0 fully saturated rings. The highest BCUT2D eigenvalue weighted by Gasteiger charge is 2.30. The van der Waals surface area contributed by atoms with E-state index in [2.05, 4.69) is 80.9 Å². The van der Waals surface area contributed by atoms with Crippen molar-refractivity contribution in [2.75, 3.05) is 30.6 Å². The topological polar surface area (TPSA) is 616 Å². The fourth-order valence-electron chi connectivity index (χ4n) is 13.1. The van der Waals surface area contributed by atoms with Crippen LogP contribution in [0.5, 0.6) is 34.5 Å². The highest BCUT2D eigenvalue weighted by Crippen LogP contribution is 2.51. The van der Waals surface area contributed by atoms with Crippen molar-refractivity contribution in [1.82, 2.24) is 19.9 Å². The quantitative estimate of drug-likeness (QED) is 0.00893. The summed E-state index contributed by atoms with van der Waals surface area (Å²) in [7, 11) is -20.6. The molecule has 1 aliphatic rings. The number of aryl methyl sites for hydroxylation is 4. The van der Waals surface area contributed by atoms with Gasteiger partial charge in [0.15, 0.2) is 23.0 Å². The molecule has 644 valence electrons. The van der Waals surface area contributed by atoms with Crippen LogP contribution in [0.2, 0.25) is 0 Å². The fraction of sp³-hybridized carbons (Fsp3) is 0.100. The molecule has 16 N–H and O–H groups in total. The summed E-state index contributed by atoms with van der Waals surface area (Å²) < 4.78 is 181. The summed E-state index contributed by atoms with van der Waals surface area (Å²) in [5.74, 6) is 0.0244. The molecule has 0 amide bonds. The Balaban J connectivity index is 0.000000143. The number of hydrogen-bond donors (Lipinski definition) is 15. The van der Waals surface area contributed by atoms with Crippen molar-refractivity contribution in [1.29, 1.82) is 0 Å². The number of benzene rings is 13. The largest absolute Gasteiger partial charge is 0.505 e. The maximum atomic E-state index is 12.2. The molecule has 1 aliphatic heterocycles. The zero-order chi connectivity index (χ0) is 90.1. The van der Waals surface area contributed by atoms with Crippen LogP contribution in [-0.4, -0.2) is 131 Å². The number of fused-ring (bicyclic) bond motifs is 10. The van der Waals surface area contributed by atoms with Gasteiger partial charge in [-0.2, -0.15) is 52.3 Å². The third kappa shape index (κ3) is 19.5. The van der Waals surface area contributed by atoms with Crippen molar-refractivity contribution in [3.8, 4) is 45.9 Å². The Morgan fingerprint density at radius 1 is 0.432 bits per heavy atom. The molecule has 2 aromatic heterocycles. The molecule has 0 saturated carbocycles. The van der Waals surface area contributed by atoms with Crippen molar-refractivity contribution in [2.24, 2.45) is 40.9 Å². The van der Waals surface area contributed by atoms with Gasteiger partial charge in [-0.25, -0.2) is 15.2 Å². The highest BCUT2D eigenvalue weighted by atomic mass is 32.2. The van der Waals surface area contributed by atoms with E-state index < -0.39 is 98.8 Å². The number of nitrogens with zero attached hydrogens (tertiary/aromatic N) is 10. The molecule has 1 atom stereocenters. The molecule has 3 heterocycles. The summed E-state index contributed by atoms with van der Waals surface area (Å²) in [6.45, 7) is 9.34. The lowest BCUT2D eigenvalue weighted by Gasteiger charge is -2.12. The molecule has 15 aromatic rings. The van der Waals surface area contributed by atoms with E-state index in [1.54, 1.807) is 99.0 Å². The lowest BCUT2D eigenvalue weighted by Crippen LogP contribution is -2.16. The first-order chi connectivity index (χ1) is 59.1. The molecule has 125 heavy (non-hydrogen) atoms. The van der Waals surface area contributed by atoms with Crippen LogP contribution in [0, 0.1) is 27.7 Å². The molecule has 1 unspecified atom stereocenters. The lowest BCUT2D eigenvalue weighted by atomic mass is 10.1. The van der Waals surface area contributed by atoms with Crippen molar-refractivity contribution < 1.29 is 109 Å². The van der Waals surface area contributed by atoms with E-state index >= 15 is 0 Å². The first kappa shape index (κ1) is 89.0. The Morgan fingerprint density at radius 3 is 1.48 bits per heavy atom. The second-order valence-electron chi connectivity index (χ2n) is 27.5. The number of nitrogens with two attached hydrogens (primary N) is 1. The van der Waals surface area contributed by atoms with Gasteiger partial charge < -0.3 is 56.2 Å². The Labute approximate surface area is 713 Å². The molecule has 16 rings (SSSR count). The summed E-state index contributed by atoms with van der Waals surface area (Å²) in [5.41, 5.74) is 13.7. The molecule has 0 aliphatic carbocycles. The van der Waals surface area contributed by atoms with E-state index in [0.29, 0.717) is 95.4 Å². The average molecular weight is 1820 g/mol. The number of methoxy groups -OCH3 is 2. The number of hydrogen-bond acceptors (Lipinski definition) is 33. The molecule has 39 nitrogen and oxygen atoms in total. The van der Waals surface area contributed by atoms with Crippen LogP contribution in [-0.2, 0) is 60.0 Å². The van der Waals surface area contributed by atoms with E-state index in [9.17, 15) is 80.7 Å². The number of phenolic OH excluding ortho intramolecular Hbond substituents is 4.